The van der Waals surface area contributed by atoms with Crippen molar-refractivity contribution in [3.05, 3.63) is 101 Å². The van der Waals surface area contributed by atoms with Gasteiger partial charge in [0.15, 0.2) is 5.78 Å². The zero-order chi connectivity index (χ0) is 23.5. The largest absolute Gasteiger partial charge is 0.453 e. The number of anilines is 1. The number of hydrogen-bond donors (Lipinski definition) is 1. The van der Waals surface area contributed by atoms with E-state index in [9.17, 15) is 28.8 Å². The summed E-state index contributed by atoms with van der Waals surface area (Å²) in [7, 11) is 0. The number of esters is 1. The Kier molecular flexibility index (Phi) is 5.79. The van der Waals surface area contributed by atoms with Crippen LogP contribution in [0, 0.1) is 23.1 Å². The highest BCUT2D eigenvalue weighted by atomic mass is 19.1. The standard InChI is InChI=1S/C25H15FN2O5/c26-18-11-5-4-10-17(18)21(29)20(23-15-8-2-3-9-16(15)25(32)33-23)22(30)24(31)28-19-12-6-1-7-14(19)13-27/h1-12,20,23H,(H,28,31)/t20-,23-/m1/s1. The monoisotopic (exact) mass is 442 g/mol. The molecule has 1 aliphatic rings. The maximum atomic E-state index is 14.4. The van der Waals surface area contributed by atoms with Crippen LogP contribution in [0.4, 0.5) is 10.1 Å². The maximum absolute atomic E-state index is 14.4. The Labute approximate surface area is 187 Å². The molecule has 1 heterocycles. The Morgan fingerprint density at radius 1 is 0.970 bits per heavy atom. The van der Waals surface area contributed by atoms with Crippen LogP contribution in [-0.2, 0) is 14.3 Å². The quantitative estimate of drug-likeness (QED) is 0.270. The predicted molar refractivity (Wildman–Crippen MR) is 114 cm³/mol. The first kappa shape index (κ1) is 21.6. The highest BCUT2D eigenvalue weighted by molar-refractivity contribution is 6.45. The van der Waals surface area contributed by atoms with E-state index in [0.29, 0.717) is 0 Å². The van der Waals surface area contributed by atoms with Crippen molar-refractivity contribution in [2.45, 2.75) is 6.10 Å². The molecule has 3 aromatic rings. The molecule has 0 bridgehead atoms. The van der Waals surface area contributed by atoms with Crippen LogP contribution in [0.3, 0.4) is 0 Å². The minimum absolute atomic E-state index is 0.0688. The average molecular weight is 442 g/mol. The topological polar surface area (TPSA) is 113 Å². The van der Waals surface area contributed by atoms with Gasteiger partial charge in [0.25, 0.3) is 5.91 Å². The van der Waals surface area contributed by atoms with Gasteiger partial charge in [-0.2, -0.15) is 5.26 Å². The lowest BCUT2D eigenvalue weighted by atomic mass is 9.84. The molecule has 0 saturated carbocycles. The molecule has 4 rings (SSSR count). The van der Waals surface area contributed by atoms with E-state index in [2.05, 4.69) is 5.32 Å². The lowest BCUT2D eigenvalue weighted by Crippen LogP contribution is -2.38. The number of cyclic esters (lactones) is 1. The van der Waals surface area contributed by atoms with E-state index in [1.54, 1.807) is 24.3 Å². The fourth-order valence-electron chi connectivity index (χ4n) is 3.66. The molecule has 1 aliphatic heterocycles. The smallest absolute Gasteiger partial charge is 0.339 e. The summed E-state index contributed by atoms with van der Waals surface area (Å²) in [5.74, 6) is -6.91. The van der Waals surface area contributed by atoms with Crippen molar-refractivity contribution >= 4 is 29.1 Å². The van der Waals surface area contributed by atoms with E-state index in [4.69, 9.17) is 4.74 Å². The minimum atomic E-state index is -1.83. The molecule has 1 N–H and O–H groups in total. The van der Waals surface area contributed by atoms with Crippen LogP contribution >= 0.6 is 0 Å². The molecule has 33 heavy (non-hydrogen) atoms. The van der Waals surface area contributed by atoms with E-state index in [1.807, 2.05) is 6.07 Å². The highest BCUT2D eigenvalue weighted by Crippen LogP contribution is 2.38. The average Bonchev–Trinajstić information content (AvgIpc) is 3.16. The Morgan fingerprint density at radius 3 is 2.39 bits per heavy atom. The number of nitrogens with one attached hydrogen (secondary N) is 1. The van der Waals surface area contributed by atoms with Crippen LogP contribution < -0.4 is 5.32 Å². The maximum Gasteiger partial charge on any atom is 0.339 e. The second kappa shape index (κ2) is 8.85. The number of para-hydroxylation sites is 1. The molecular formula is C25H15FN2O5. The number of benzene rings is 3. The molecule has 8 heteroatoms. The van der Waals surface area contributed by atoms with Gasteiger partial charge in [0.1, 0.15) is 23.9 Å². The second-order valence-corrected chi connectivity index (χ2v) is 7.21. The molecule has 162 valence electrons. The summed E-state index contributed by atoms with van der Waals surface area (Å²) in [6.07, 6.45) is -1.41. The van der Waals surface area contributed by atoms with Gasteiger partial charge in [0.2, 0.25) is 5.78 Å². The van der Waals surface area contributed by atoms with Crippen molar-refractivity contribution in [3.8, 4) is 6.07 Å². The molecule has 0 aliphatic carbocycles. The number of carbonyl (C=O) groups excluding carboxylic acids is 4. The van der Waals surface area contributed by atoms with Gasteiger partial charge >= 0.3 is 5.97 Å². The SMILES string of the molecule is N#Cc1ccccc1NC(=O)C(=O)[C@@H](C(=O)c1ccccc1F)[C@@H]1OC(=O)c2ccccc21. The number of fused-ring (bicyclic) bond motifs is 1. The zero-order valence-electron chi connectivity index (χ0n) is 16.9. The molecule has 0 radical (unpaired) electrons. The Bertz CT molecular complexity index is 1340. The second-order valence-electron chi connectivity index (χ2n) is 7.21. The number of carbonyl (C=O) groups is 4. The summed E-state index contributed by atoms with van der Waals surface area (Å²) in [6.45, 7) is 0. The minimum Gasteiger partial charge on any atom is -0.453 e. The van der Waals surface area contributed by atoms with Gasteiger partial charge in [-0.05, 0) is 30.3 Å². The number of nitrogens with zero attached hydrogens (tertiary/aromatic N) is 1. The number of ether oxygens (including phenoxy) is 1. The van der Waals surface area contributed by atoms with Crippen molar-refractivity contribution in [1.29, 1.82) is 5.26 Å². The first-order valence-corrected chi connectivity index (χ1v) is 9.85. The molecule has 7 nitrogen and oxygen atoms in total. The summed E-state index contributed by atoms with van der Waals surface area (Å²) in [5.41, 5.74) is 0.154. The van der Waals surface area contributed by atoms with E-state index in [-0.39, 0.29) is 22.4 Å². The van der Waals surface area contributed by atoms with Gasteiger partial charge in [-0.15, -0.1) is 0 Å². The van der Waals surface area contributed by atoms with Gasteiger partial charge in [0.05, 0.1) is 22.4 Å². The van der Waals surface area contributed by atoms with Crippen LogP contribution in [0.2, 0.25) is 0 Å². The molecule has 0 spiro atoms. The van der Waals surface area contributed by atoms with Crippen molar-refractivity contribution in [3.63, 3.8) is 0 Å². The molecule has 1 amide bonds. The fourth-order valence-corrected chi connectivity index (χ4v) is 3.66. The lowest BCUT2D eigenvalue weighted by molar-refractivity contribution is -0.138. The molecule has 0 saturated heterocycles. The van der Waals surface area contributed by atoms with Gasteiger partial charge in [-0.25, -0.2) is 9.18 Å². The van der Waals surface area contributed by atoms with Crippen LogP contribution in [0.5, 0.6) is 0 Å². The molecule has 2 atom stereocenters. The molecule has 0 fully saturated rings. The van der Waals surface area contributed by atoms with Crippen LogP contribution in [0.1, 0.15) is 37.9 Å². The summed E-state index contributed by atoms with van der Waals surface area (Å²) in [5, 5.41) is 11.5. The van der Waals surface area contributed by atoms with Crippen molar-refractivity contribution in [2.24, 2.45) is 5.92 Å². The number of halogens is 1. The normalized spacial score (nSPS) is 15.0. The summed E-state index contributed by atoms with van der Waals surface area (Å²) < 4.78 is 19.7. The van der Waals surface area contributed by atoms with Gasteiger partial charge in [-0.3, -0.25) is 14.4 Å². The first-order valence-electron chi connectivity index (χ1n) is 9.85. The number of amides is 1. The van der Waals surface area contributed by atoms with E-state index in [0.717, 1.165) is 6.07 Å². The number of Topliss-reactive ketones (excluding diaryl/α,β-unsaturated/α-hetero) is 2. The summed E-state index contributed by atoms with van der Waals surface area (Å²) in [4.78, 5) is 51.7. The van der Waals surface area contributed by atoms with E-state index in [1.165, 1.54) is 42.5 Å². The third kappa shape index (κ3) is 4.00. The van der Waals surface area contributed by atoms with Gasteiger partial charge in [0, 0.05) is 5.56 Å². The van der Waals surface area contributed by atoms with Crippen molar-refractivity contribution in [2.75, 3.05) is 5.32 Å². The van der Waals surface area contributed by atoms with Gasteiger partial charge < -0.3 is 10.1 Å². The lowest BCUT2D eigenvalue weighted by Gasteiger charge is -2.21. The highest BCUT2D eigenvalue weighted by Gasteiger charge is 2.46. The number of hydrogen-bond acceptors (Lipinski definition) is 6. The van der Waals surface area contributed by atoms with Crippen LogP contribution in [-0.4, -0.2) is 23.4 Å². The van der Waals surface area contributed by atoms with Gasteiger partial charge in [-0.1, -0.05) is 42.5 Å². The predicted octanol–water partition coefficient (Wildman–Crippen LogP) is 3.62. The van der Waals surface area contributed by atoms with E-state index < -0.39 is 46.8 Å². The third-order valence-corrected chi connectivity index (χ3v) is 5.25. The van der Waals surface area contributed by atoms with E-state index >= 15 is 0 Å². The summed E-state index contributed by atoms with van der Waals surface area (Å²) >= 11 is 0. The van der Waals surface area contributed by atoms with Crippen molar-refractivity contribution < 1.29 is 28.3 Å². The van der Waals surface area contributed by atoms with Crippen LogP contribution in [0.25, 0.3) is 0 Å². The third-order valence-electron chi connectivity index (χ3n) is 5.25. The molecular weight excluding hydrogens is 427 g/mol. The fraction of sp³-hybridized carbons (Fsp3) is 0.0800. The number of ketones is 2. The molecule has 0 aromatic heterocycles. The Morgan fingerprint density at radius 2 is 1.64 bits per heavy atom. The first-order chi connectivity index (χ1) is 15.9. The summed E-state index contributed by atoms with van der Waals surface area (Å²) in [6, 6.07) is 19.0. The number of rotatable bonds is 6. The molecule has 3 aromatic carbocycles. The molecule has 0 unspecified atom stereocenters. The number of nitriles is 1. The zero-order valence-corrected chi connectivity index (χ0v) is 16.9. The van der Waals surface area contributed by atoms with Crippen molar-refractivity contribution in [1.82, 2.24) is 0 Å². The Hall–Kier alpha value is -4.64. The Balaban J connectivity index is 1.75. The van der Waals surface area contributed by atoms with Crippen LogP contribution in [0.15, 0.2) is 72.8 Å².